The molecule has 23 heavy (non-hydrogen) atoms. The predicted octanol–water partition coefficient (Wildman–Crippen LogP) is 3.17. The first-order valence-electron chi connectivity index (χ1n) is 6.98. The molecule has 2 rings (SSSR count). The van der Waals surface area contributed by atoms with Crippen molar-refractivity contribution in [1.82, 2.24) is 15.6 Å². The van der Waals surface area contributed by atoms with Gasteiger partial charge in [0.15, 0.2) is 0 Å². The number of halogens is 3. The van der Waals surface area contributed by atoms with Gasteiger partial charge in [-0.25, -0.2) is 4.98 Å². The number of carbonyl (C=O) groups is 1. The maximum Gasteiger partial charge on any atom is 0.416 e. The molecular weight excluding hydrogens is 327 g/mol. The second-order valence-corrected chi connectivity index (χ2v) is 5.69. The maximum absolute atomic E-state index is 12.7. The van der Waals surface area contributed by atoms with Crippen molar-refractivity contribution < 1.29 is 18.0 Å². The fraction of sp³-hybridized carbons (Fsp3) is 0.333. The van der Waals surface area contributed by atoms with Gasteiger partial charge in [0.1, 0.15) is 10.7 Å². The number of carbonyl (C=O) groups excluding carboxylic acids is 1. The number of nitrogens with one attached hydrogen (secondary N) is 2. The van der Waals surface area contributed by atoms with E-state index in [1.807, 2.05) is 7.05 Å². The van der Waals surface area contributed by atoms with Crippen LogP contribution in [0.25, 0.3) is 10.6 Å². The van der Waals surface area contributed by atoms with Gasteiger partial charge in [-0.05, 0) is 32.1 Å². The molecule has 0 radical (unpaired) electrons. The van der Waals surface area contributed by atoms with Gasteiger partial charge in [0.2, 0.25) is 0 Å². The van der Waals surface area contributed by atoms with Crippen LogP contribution in [0.1, 0.15) is 22.5 Å². The van der Waals surface area contributed by atoms with Gasteiger partial charge in [0.05, 0.1) is 5.56 Å². The van der Waals surface area contributed by atoms with Gasteiger partial charge in [-0.15, -0.1) is 11.3 Å². The summed E-state index contributed by atoms with van der Waals surface area (Å²) in [6, 6.07) is 4.92. The molecule has 4 nitrogen and oxygen atoms in total. The largest absolute Gasteiger partial charge is 0.416 e. The van der Waals surface area contributed by atoms with Crippen LogP contribution in [0.2, 0.25) is 0 Å². The lowest BCUT2D eigenvalue weighted by atomic mass is 10.1. The van der Waals surface area contributed by atoms with Crippen LogP contribution in [0.3, 0.4) is 0 Å². The van der Waals surface area contributed by atoms with Crippen LogP contribution in [0.4, 0.5) is 13.2 Å². The Bertz CT molecular complexity index is 670. The SMILES string of the molecule is CNCCCNC(=O)c1csc(-c2cccc(C(F)(F)F)c2)n1. The Morgan fingerprint density at radius 3 is 2.78 bits per heavy atom. The van der Waals surface area contributed by atoms with Gasteiger partial charge in [-0.1, -0.05) is 12.1 Å². The minimum atomic E-state index is -4.40. The molecule has 0 bridgehead atoms. The van der Waals surface area contributed by atoms with Crippen molar-refractivity contribution in [1.29, 1.82) is 0 Å². The van der Waals surface area contributed by atoms with Crippen LogP contribution < -0.4 is 10.6 Å². The number of amides is 1. The van der Waals surface area contributed by atoms with E-state index in [2.05, 4.69) is 15.6 Å². The third kappa shape index (κ3) is 4.77. The van der Waals surface area contributed by atoms with Crippen molar-refractivity contribution in [3.8, 4) is 10.6 Å². The molecule has 0 spiro atoms. The second kappa shape index (κ2) is 7.56. The van der Waals surface area contributed by atoms with E-state index >= 15 is 0 Å². The minimum Gasteiger partial charge on any atom is -0.351 e. The average molecular weight is 343 g/mol. The summed E-state index contributed by atoms with van der Waals surface area (Å²) < 4.78 is 38.2. The molecular formula is C15H16F3N3OS. The van der Waals surface area contributed by atoms with E-state index in [-0.39, 0.29) is 11.6 Å². The average Bonchev–Trinajstić information content (AvgIpc) is 3.01. The Balaban J connectivity index is 2.09. The summed E-state index contributed by atoms with van der Waals surface area (Å²) in [5.74, 6) is -0.324. The van der Waals surface area contributed by atoms with Crippen LogP contribution in [0, 0.1) is 0 Å². The number of benzene rings is 1. The third-order valence-corrected chi connectivity index (χ3v) is 3.95. The lowest BCUT2D eigenvalue weighted by Gasteiger charge is -2.07. The van der Waals surface area contributed by atoms with Crippen LogP contribution in [-0.4, -0.2) is 31.0 Å². The molecule has 1 amide bonds. The first-order chi connectivity index (χ1) is 10.9. The second-order valence-electron chi connectivity index (χ2n) is 4.83. The minimum absolute atomic E-state index is 0.215. The van der Waals surface area contributed by atoms with Crippen molar-refractivity contribution in [2.45, 2.75) is 12.6 Å². The molecule has 1 aromatic heterocycles. The number of thiazole rings is 1. The van der Waals surface area contributed by atoms with Crippen LogP contribution in [0.5, 0.6) is 0 Å². The van der Waals surface area contributed by atoms with E-state index in [4.69, 9.17) is 0 Å². The summed E-state index contributed by atoms with van der Waals surface area (Å²) in [6.07, 6.45) is -3.62. The number of rotatable bonds is 6. The highest BCUT2D eigenvalue weighted by Crippen LogP contribution is 2.33. The van der Waals surface area contributed by atoms with Gasteiger partial charge in [-0.2, -0.15) is 13.2 Å². The Labute approximate surface area is 135 Å². The van der Waals surface area contributed by atoms with E-state index in [0.29, 0.717) is 17.1 Å². The lowest BCUT2D eigenvalue weighted by Crippen LogP contribution is -2.26. The molecule has 1 heterocycles. The summed E-state index contributed by atoms with van der Waals surface area (Å²) in [5, 5.41) is 7.62. The lowest BCUT2D eigenvalue weighted by molar-refractivity contribution is -0.137. The number of alkyl halides is 3. The number of hydrogen-bond donors (Lipinski definition) is 2. The molecule has 0 fully saturated rings. The monoisotopic (exact) mass is 343 g/mol. The molecule has 124 valence electrons. The normalized spacial score (nSPS) is 11.5. The zero-order valence-corrected chi connectivity index (χ0v) is 13.2. The third-order valence-electron chi connectivity index (χ3n) is 3.06. The molecule has 1 aromatic carbocycles. The molecule has 0 saturated carbocycles. The Kier molecular flexibility index (Phi) is 5.73. The fourth-order valence-corrected chi connectivity index (χ4v) is 2.69. The highest BCUT2D eigenvalue weighted by Gasteiger charge is 2.30. The van der Waals surface area contributed by atoms with Crippen LogP contribution in [0.15, 0.2) is 29.6 Å². The molecule has 0 aliphatic heterocycles. The fourth-order valence-electron chi connectivity index (χ4n) is 1.90. The summed E-state index contributed by atoms with van der Waals surface area (Å²) in [7, 11) is 1.82. The number of nitrogens with zero attached hydrogens (tertiary/aromatic N) is 1. The van der Waals surface area contributed by atoms with E-state index in [1.54, 1.807) is 11.4 Å². The summed E-state index contributed by atoms with van der Waals surface area (Å²) in [5.41, 5.74) is -0.172. The van der Waals surface area contributed by atoms with E-state index in [1.165, 1.54) is 6.07 Å². The number of aromatic nitrogens is 1. The summed E-state index contributed by atoms with van der Waals surface area (Å²) in [6.45, 7) is 1.29. The van der Waals surface area contributed by atoms with Crippen LogP contribution in [-0.2, 0) is 6.18 Å². The van der Waals surface area contributed by atoms with Crippen molar-refractivity contribution in [3.05, 3.63) is 40.9 Å². The quantitative estimate of drug-likeness (QED) is 0.792. The van der Waals surface area contributed by atoms with Gasteiger partial charge < -0.3 is 10.6 Å². The molecule has 0 unspecified atom stereocenters. The summed E-state index contributed by atoms with van der Waals surface area (Å²) in [4.78, 5) is 16.0. The molecule has 0 aliphatic carbocycles. The molecule has 8 heteroatoms. The standard InChI is InChI=1S/C15H16F3N3OS/c1-19-6-3-7-20-13(22)12-9-23-14(21-12)10-4-2-5-11(8-10)15(16,17)18/h2,4-5,8-9,19H,3,6-7H2,1H3,(H,20,22). The first kappa shape index (κ1) is 17.4. The molecule has 0 aliphatic rings. The molecule has 0 saturated heterocycles. The van der Waals surface area contributed by atoms with E-state index < -0.39 is 11.7 Å². The van der Waals surface area contributed by atoms with Gasteiger partial charge in [-0.3, -0.25) is 4.79 Å². The predicted molar refractivity (Wildman–Crippen MR) is 83.4 cm³/mol. The molecule has 2 N–H and O–H groups in total. The van der Waals surface area contributed by atoms with Crippen molar-refractivity contribution >= 4 is 17.2 Å². The van der Waals surface area contributed by atoms with E-state index in [0.717, 1.165) is 36.4 Å². The van der Waals surface area contributed by atoms with Gasteiger partial charge >= 0.3 is 6.18 Å². The molecule has 0 atom stereocenters. The van der Waals surface area contributed by atoms with Gasteiger partial charge in [0.25, 0.3) is 5.91 Å². The Morgan fingerprint density at radius 2 is 2.09 bits per heavy atom. The first-order valence-corrected chi connectivity index (χ1v) is 7.85. The van der Waals surface area contributed by atoms with Crippen molar-refractivity contribution in [3.63, 3.8) is 0 Å². The zero-order valence-electron chi connectivity index (χ0n) is 12.4. The van der Waals surface area contributed by atoms with Crippen molar-refractivity contribution in [2.24, 2.45) is 0 Å². The highest BCUT2D eigenvalue weighted by atomic mass is 32.1. The Morgan fingerprint density at radius 1 is 1.30 bits per heavy atom. The smallest absolute Gasteiger partial charge is 0.351 e. The number of hydrogen-bond acceptors (Lipinski definition) is 4. The van der Waals surface area contributed by atoms with Crippen LogP contribution >= 0.6 is 11.3 Å². The maximum atomic E-state index is 12.7. The van der Waals surface area contributed by atoms with Gasteiger partial charge in [0, 0.05) is 17.5 Å². The Hall–Kier alpha value is -1.93. The van der Waals surface area contributed by atoms with E-state index in [9.17, 15) is 18.0 Å². The molecule has 2 aromatic rings. The zero-order chi connectivity index (χ0) is 16.9. The summed E-state index contributed by atoms with van der Waals surface area (Å²) >= 11 is 1.14. The highest BCUT2D eigenvalue weighted by molar-refractivity contribution is 7.13. The topological polar surface area (TPSA) is 54.0 Å². The van der Waals surface area contributed by atoms with Crippen molar-refractivity contribution in [2.75, 3.05) is 20.1 Å².